The summed E-state index contributed by atoms with van der Waals surface area (Å²) < 4.78 is 13.7. The number of para-hydroxylation sites is 1. The van der Waals surface area contributed by atoms with Crippen LogP contribution in [0.15, 0.2) is 24.3 Å². The van der Waals surface area contributed by atoms with Gasteiger partial charge >= 0.3 is 0 Å². The number of anilines is 1. The summed E-state index contributed by atoms with van der Waals surface area (Å²) in [6.07, 6.45) is 1.89. The van der Waals surface area contributed by atoms with Gasteiger partial charge in [0.1, 0.15) is 18.4 Å². The molecule has 0 spiro atoms. The lowest BCUT2D eigenvalue weighted by Gasteiger charge is -2.32. The molecule has 1 heterocycles. The van der Waals surface area contributed by atoms with E-state index in [4.69, 9.17) is 0 Å². The maximum Gasteiger partial charge on any atom is 0.250 e. The van der Waals surface area contributed by atoms with Crippen molar-refractivity contribution in [3.63, 3.8) is 0 Å². The highest BCUT2D eigenvalue weighted by molar-refractivity contribution is 6.06. The molecule has 94 valence electrons. The Kier molecular flexibility index (Phi) is 2.54. The summed E-state index contributed by atoms with van der Waals surface area (Å²) in [6, 6.07) is 5.55. The molecule has 1 atom stereocenters. The highest BCUT2D eigenvalue weighted by atomic mass is 19.1. The van der Waals surface area contributed by atoms with Crippen molar-refractivity contribution in [1.82, 2.24) is 5.32 Å². The summed E-state index contributed by atoms with van der Waals surface area (Å²) in [6.45, 7) is -0.108. The van der Waals surface area contributed by atoms with Gasteiger partial charge in [0.2, 0.25) is 11.8 Å². The molecule has 1 aliphatic heterocycles. The quantitative estimate of drug-likeness (QED) is 0.851. The lowest BCUT2D eigenvalue weighted by molar-refractivity contribution is -0.131. The Hall–Kier alpha value is -1.91. The van der Waals surface area contributed by atoms with Crippen LogP contribution >= 0.6 is 0 Å². The number of rotatable bonds is 2. The first-order valence-electron chi connectivity index (χ1n) is 6.02. The molecule has 4 nitrogen and oxygen atoms in total. The number of carbonyl (C=O) groups excluding carboxylic acids is 2. The molecular weight excluding hydrogens is 235 g/mol. The molecule has 0 aromatic heterocycles. The van der Waals surface area contributed by atoms with Crippen molar-refractivity contribution < 1.29 is 14.0 Å². The number of piperazine rings is 1. The number of carbonyl (C=O) groups is 2. The second kappa shape index (κ2) is 4.08. The highest BCUT2D eigenvalue weighted by Crippen LogP contribution is 2.35. The van der Waals surface area contributed by atoms with Crippen LogP contribution in [0.3, 0.4) is 0 Å². The van der Waals surface area contributed by atoms with Crippen molar-refractivity contribution in [2.24, 2.45) is 5.92 Å². The average Bonchev–Trinajstić information content (AvgIpc) is 3.17. The second-order valence-corrected chi connectivity index (χ2v) is 4.76. The molecule has 1 aromatic rings. The number of nitrogens with one attached hydrogen (secondary N) is 1. The van der Waals surface area contributed by atoms with E-state index >= 15 is 0 Å². The minimum Gasteiger partial charge on any atom is -0.342 e. The van der Waals surface area contributed by atoms with Crippen LogP contribution in [0.25, 0.3) is 0 Å². The van der Waals surface area contributed by atoms with Gasteiger partial charge in [-0.25, -0.2) is 4.39 Å². The van der Waals surface area contributed by atoms with Gasteiger partial charge in [0, 0.05) is 0 Å². The Balaban J connectivity index is 1.93. The zero-order valence-electron chi connectivity index (χ0n) is 9.73. The van der Waals surface area contributed by atoms with Crippen molar-refractivity contribution in [2.75, 3.05) is 11.4 Å². The summed E-state index contributed by atoms with van der Waals surface area (Å²) in [5.41, 5.74) is 0.183. The topological polar surface area (TPSA) is 49.4 Å². The van der Waals surface area contributed by atoms with Gasteiger partial charge in [-0.1, -0.05) is 12.1 Å². The van der Waals surface area contributed by atoms with Crippen LogP contribution < -0.4 is 10.2 Å². The van der Waals surface area contributed by atoms with Crippen molar-refractivity contribution >= 4 is 17.5 Å². The van der Waals surface area contributed by atoms with Crippen LogP contribution in [0.1, 0.15) is 12.8 Å². The maximum absolute atomic E-state index is 13.7. The number of amides is 2. The van der Waals surface area contributed by atoms with Gasteiger partial charge < -0.3 is 5.32 Å². The van der Waals surface area contributed by atoms with E-state index in [-0.39, 0.29) is 30.0 Å². The first-order chi connectivity index (χ1) is 8.66. The Morgan fingerprint density at radius 2 is 1.94 bits per heavy atom. The molecule has 1 N–H and O–H groups in total. The van der Waals surface area contributed by atoms with Crippen molar-refractivity contribution in [3.05, 3.63) is 30.1 Å². The predicted molar refractivity (Wildman–Crippen MR) is 63.4 cm³/mol. The van der Waals surface area contributed by atoms with E-state index in [2.05, 4.69) is 5.32 Å². The molecule has 3 rings (SSSR count). The maximum atomic E-state index is 13.7. The van der Waals surface area contributed by atoms with Crippen LogP contribution in [0, 0.1) is 11.7 Å². The van der Waals surface area contributed by atoms with Gasteiger partial charge in [-0.05, 0) is 30.9 Å². The summed E-state index contributed by atoms with van der Waals surface area (Å²) in [5, 5.41) is 2.69. The molecule has 1 aliphatic carbocycles. The molecule has 1 saturated carbocycles. The van der Waals surface area contributed by atoms with E-state index in [0.717, 1.165) is 12.8 Å². The minimum absolute atomic E-state index is 0.108. The Labute approximate surface area is 104 Å². The third kappa shape index (κ3) is 1.85. The fourth-order valence-corrected chi connectivity index (χ4v) is 2.29. The summed E-state index contributed by atoms with van der Waals surface area (Å²) in [7, 11) is 0. The van der Waals surface area contributed by atoms with Crippen LogP contribution in [0.5, 0.6) is 0 Å². The zero-order valence-corrected chi connectivity index (χ0v) is 9.73. The Morgan fingerprint density at radius 3 is 2.61 bits per heavy atom. The second-order valence-electron chi connectivity index (χ2n) is 4.76. The molecule has 1 aromatic carbocycles. The van der Waals surface area contributed by atoms with E-state index in [1.165, 1.54) is 17.0 Å². The summed E-state index contributed by atoms with van der Waals surface area (Å²) in [4.78, 5) is 25.1. The molecule has 0 bridgehead atoms. The van der Waals surface area contributed by atoms with Crippen molar-refractivity contribution in [3.8, 4) is 0 Å². The molecule has 2 amide bonds. The number of hydrogen-bond donors (Lipinski definition) is 1. The standard InChI is InChI=1S/C13H13FN2O2/c14-9-3-1-2-4-10(9)16-7-11(17)15-12(13(16)18)8-5-6-8/h1-4,8,12H,5-7H2,(H,15,17). The number of nitrogens with zero attached hydrogens (tertiary/aromatic N) is 1. The third-order valence-electron chi connectivity index (χ3n) is 3.39. The van der Waals surface area contributed by atoms with Gasteiger partial charge in [-0.3, -0.25) is 14.5 Å². The van der Waals surface area contributed by atoms with Gasteiger partial charge in [-0.15, -0.1) is 0 Å². The number of hydrogen-bond acceptors (Lipinski definition) is 2. The van der Waals surface area contributed by atoms with Gasteiger partial charge in [0.25, 0.3) is 0 Å². The van der Waals surface area contributed by atoms with Crippen LogP contribution in [0.4, 0.5) is 10.1 Å². The fraction of sp³-hybridized carbons (Fsp3) is 0.385. The Bertz CT molecular complexity index is 513. The largest absolute Gasteiger partial charge is 0.342 e. The van der Waals surface area contributed by atoms with Gasteiger partial charge in [0.05, 0.1) is 5.69 Å². The molecule has 18 heavy (non-hydrogen) atoms. The number of benzene rings is 1. The monoisotopic (exact) mass is 248 g/mol. The summed E-state index contributed by atoms with van der Waals surface area (Å²) >= 11 is 0. The molecule has 2 aliphatic rings. The van der Waals surface area contributed by atoms with E-state index in [1.807, 2.05) is 0 Å². The fourth-order valence-electron chi connectivity index (χ4n) is 2.29. The van der Waals surface area contributed by atoms with Gasteiger partial charge in [-0.2, -0.15) is 0 Å². The van der Waals surface area contributed by atoms with E-state index in [1.54, 1.807) is 12.1 Å². The number of halogens is 1. The van der Waals surface area contributed by atoms with Gasteiger partial charge in [0.15, 0.2) is 0 Å². The van der Waals surface area contributed by atoms with Crippen LogP contribution in [-0.2, 0) is 9.59 Å². The first-order valence-corrected chi connectivity index (χ1v) is 6.02. The highest BCUT2D eigenvalue weighted by Gasteiger charge is 2.43. The average molecular weight is 248 g/mol. The Morgan fingerprint density at radius 1 is 1.22 bits per heavy atom. The zero-order chi connectivity index (χ0) is 12.7. The first kappa shape index (κ1) is 11.2. The predicted octanol–water partition coefficient (Wildman–Crippen LogP) is 1.07. The smallest absolute Gasteiger partial charge is 0.250 e. The molecule has 2 fully saturated rings. The van der Waals surface area contributed by atoms with E-state index in [9.17, 15) is 14.0 Å². The SMILES string of the molecule is O=C1CN(c2ccccc2F)C(=O)C(C2CC2)N1. The van der Waals surface area contributed by atoms with Crippen molar-refractivity contribution in [1.29, 1.82) is 0 Å². The minimum atomic E-state index is -0.481. The lowest BCUT2D eigenvalue weighted by Crippen LogP contribution is -2.59. The molecule has 5 heteroatoms. The molecule has 1 saturated heterocycles. The van der Waals surface area contributed by atoms with Crippen LogP contribution in [0.2, 0.25) is 0 Å². The van der Waals surface area contributed by atoms with Crippen LogP contribution in [-0.4, -0.2) is 24.4 Å². The lowest BCUT2D eigenvalue weighted by atomic mass is 10.1. The summed E-state index contributed by atoms with van der Waals surface area (Å²) in [5.74, 6) is -0.692. The normalized spacial score (nSPS) is 24.1. The molecule has 0 radical (unpaired) electrons. The van der Waals surface area contributed by atoms with E-state index in [0.29, 0.717) is 0 Å². The molecule has 1 unspecified atom stereocenters. The molecular formula is C13H13FN2O2. The third-order valence-corrected chi connectivity index (χ3v) is 3.39. The van der Waals surface area contributed by atoms with Crippen molar-refractivity contribution in [2.45, 2.75) is 18.9 Å². The van der Waals surface area contributed by atoms with E-state index < -0.39 is 11.9 Å².